The Morgan fingerprint density at radius 2 is 1.38 bits per heavy atom. The van der Waals surface area contributed by atoms with Gasteiger partial charge in [0.25, 0.3) is 16.6 Å². The van der Waals surface area contributed by atoms with E-state index in [0.29, 0.717) is 0 Å². The van der Waals surface area contributed by atoms with Gasteiger partial charge in [-0.3, -0.25) is 0 Å². The first-order valence-electron chi connectivity index (χ1n) is 9.19. The largest absolute Gasteiger partial charge is 0.541 e. The van der Waals surface area contributed by atoms with Gasteiger partial charge in [0, 0.05) is 0 Å². The molecule has 0 spiro atoms. The van der Waals surface area contributed by atoms with Gasteiger partial charge in [-0.05, 0) is 60.0 Å². The van der Waals surface area contributed by atoms with Crippen LogP contribution in [0.25, 0.3) is 0 Å². The summed E-state index contributed by atoms with van der Waals surface area (Å²) in [6, 6.07) is 5.88. The Morgan fingerprint density at radius 1 is 0.846 bits per heavy atom. The molecule has 0 N–H and O–H groups in total. The van der Waals surface area contributed by atoms with E-state index in [-0.39, 0.29) is 10.1 Å². The SMILES string of the molecule is COc1ccc(/C=N\O[Si](C)(C)C(C)(C)C)cc1O[Si](C)(C)C(C)(C)C. The summed E-state index contributed by atoms with van der Waals surface area (Å²) >= 11 is 0. The molecule has 0 aliphatic rings. The zero-order chi connectivity index (χ0) is 20.4. The van der Waals surface area contributed by atoms with Crippen LogP contribution >= 0.6 is 0 Å². The van der Waals surface area contributed by atoms with Gasteiger partial charge < -0.3 is 13.7 Å². The standard InChI is InChI=1S/C20H37NO3Si2/c1-19(2,3)25(8,9)23-18-14-16(12-13-17(18)22-7)15-21-24-26(10,11)20(4,5)6/h12-15H,1-11H3/b21-15-. The van der Waals surface area contributed by atoms with E-state index < -0.39 is 16.6 Å². The average Bonchev–Trinajstić information content (AvgIpc) is 2.44. The maximum absolute atomic E-state index is 6.45. The molecule has 1 aromatic carbocycles. The molecule has 0 bridgehead atoms. The van der Waals surface area contributed by atoms with Crippen molar-refractivity contribution in [2.45, 2.75) is 77.8 Å². The molecule has 26 heavy (non-hydrogen) atoms. The van der Waals surface area contributed by atoms with Crippen LogP contribution in [0.4, 0.5) is 0 Å². The van der Waals surface area contributed by atoms with E-state index in [2.05, 4.69) is 72.9 Å². The lowest BCUT2D eigenvalue weighted by Crippen LogP contribution is -2.43. The van der Waals surface area contributed by atoms with Crippen molar-refractivity contribution in [1.82, 2.24) is 0 Å². The van der Waals surface area contributed by atoms with Crippen molar-refractivity contribution in [2.24, 2.45) is 5.16 Å². The van der Waals surface area contributed by atoms with Crippen LogP contribution in [0.15, 0.2) is 23.4 Å². The molecule has 0 saturated heterocycles. The highest BCUT2D eigenvalue weighted by atomic mass is 28.4. The number of methoxy groups -OCH3 is 1. The first-order chi connectivity index (χ1) is 11.6. The van der Waals surface area contributed by atoms with Crippen molar-refractivity contribution in [3.63, 3.8) is 0 Å². The highest BCUT2D eigenvalue weighted by Gasteiger charge is 2.40. The third kappa shape index (κ3) is 5.61. The van der Waals surface area contributed by atoms with Crippen molar-refractivity contribution in [2.75, 3.05) is 7.11 Å². The zero-order valence-electron chi connectivity index (χ0n) is 18.5. The Morgan fingerprint density at radius 3 is 1.85 bits per heavy atom. The minimum atomic E-state index is -1.95. The molecule has 0 aliphatic heterocycles. The molecule has 0 atom stereocenters. The fraction of sp³-hybridized carbons (Fsp3) is 0.650. The summed E-state index contributed by atoms with van der Waals surface area (Å²) in [6.45, 7) is 22.1. The number of rotatable bonds is 6. The normalized spacial score (nSPS) is 13.8. The van der Waals surface area contributed by atoms with Gasteiger partial charge in [0.15, 0.2) is 5.75 Å². The molecule has 0 amide bonds. The molecule has 0 fully saturated rings. The topological polar surface area (TPSA) is 40.0 Å². The van der Waals surface area contributed by atoms with Gasteiger partial charge in [-0.1, -0.05) is 41.5 Å². The second kappa shape index (κ2) is 7.76. The molecule has 0 heterocycles. The third-order valence-electron chi connectivity index (χ3n) is 5.65. The van der Waals surface area contributed by atoms with Crippen molar-refractivity contribution in [3.8, 4) is 11.5 Å². The Hall–Kier alpha value is -1.28. The second-order valence-corrected chi connectivity index (χ2v) is 19.3. The molecule has 1 aromatic rings. The van der Waals surface area contributed by atoms with Crippen LogP contribution in [0.5, 0.6) is 11.5 Å². The van der Waals surface area contributed by atoms with E-state index in [1.54, 1.807) is 13.3 Å². The smallest absolute Gasteiger partial charge is 0.286 e. The van der Waals surface area contributed by atoms with Gasteiger partial charge in [0.1, 0.15) is 5.75 Å². The predicted molar refractivity (Wildman–Crippen MR) is 117 cm³/mol. The van der Waals surface area contributed by atoms with Crippen molar-refractivity contribution in [3.05, 3.63) is 23.8 Å². The third-order valence-corrected chi connectivity index (χ3v) is 14.2. The van der Waals surface area contributed by atoms with E-state index in [0.717, 1.165) is 17.1 Å². The van der Waals surface area contributed by atoms with Crippen LogP contribution in [0.2, 0.25) is 36.3 Å². The number of nitrogens with zero attached hydrogens (tertiary/aromatic N) is 1. The zero-order valence-corrected chi connectivity index (χ0v) is 20.5. The molecule has 0 unspecified atom stereocenters. The summed E-state index contributed by atoms with van der Waals surface area (Å²) in [5.74, 6) is 1.52. The fourth-order valence-electron chi connectivity index (χ4n) is 1.64. The number of oxime groups is 1. The fourth-order valence-corrected chi connectivity index (χ4v) is 3.24. The summed E-state index contributed by atoms with van der Waals surface area (Å²) in [5.41, 5.74) is 0.943. The van der Waals surface area contributed by atoms with Crippen molar-refractivity contribution < 1.29 is 13.7 Å². The molecule has 0 radical (unpaired) electrons. The van der Waals surface area contributed by atoms with Gasteiger partial charge in [-0.25, -0.2) is 0 Å². The van der Waals surface area contributed by atoms with E-state index in [9.17, 15) is 0 Å². The summed E-state index contributed by atoms with van der Waals surface area (Å²) in [7, 11) is -2.18. The Labute approximate surface area is 162 Å². The van der Waals surface area contributed by atoms with Crippen LogP contribution in [-0.2, 0) is 4.53 Å². The van der Waals surface area contributed by atoms with Gasteiger partial charge in [-0.2, -0.15) is 0 Å². The van der Waals surface area contributed by atoms with Crippen LogP contribution in [0.1, 0.15) is 47.1 Å². The summed E-state index contributed by atoms with van der Waals surface area (Å²) in [5, 5.41) is 4.52. The van der Waals surface area contributed by atoms with E-state index >= 15 is 0 Å². The van der Waals surface area contributed by atoms with Crippen molar-refractivity contribution >= 4 is 22.8 Å². The Kier molecular flexibility index (Phi) is 6.80. The molecule has 0 aromatic heterocycles. The lowest BCUT2D eigenvalue weighted by Gasteiger charge is -2.36. The Balaban J connectivity index is 3.05. The van der Waals surface area contributed by atoms with Gasteiger partial charge in [-0.15, -0.1) is 5.16 Å². The minimum Gasteiger partial charge on any atom is -0.541 e. The second-order valence-electron chi connectivity index (χ2n) is 9.86. The van der Waals surface area contributed by atoms with Crippen LogP contribution in [0.3, 0.4) is 0 Å². The highest BCUT2D eigenvalue weighted by molar-refractivity contribution is 6.75. The first-order valence-corrected chi connectivity index (χ1v) is 15.0. The Bertz CT molecular complexity index is 641. The lowest BCUT2D eigenvalue weighted by atomic mass is 10.2. The monoisotopic (exact) mass is 395 g/mol. The molecule has 4 nitrogen and oxygen atoms in total. The molecule has 0 saturated carbocycles. The maximum atomic E-state index is 6.45. The molecule has 6 heteroatoms. The first kappa shape index (κ1) is 22.8. The van der Waals surface area contributed by atoms with E-state index in [1.807, 2.05) is 18.2 Å². The van der Waals surface area contributed by atoms with Crippen LogP contribution in [0, 0.1) is 0 Å². The van der Waals surface area contributed by atoms with Gasteiger partial charge in [0.2, 0.25) is 0 Å². The van der Waals surface area contributed by atoms with Gasteiger partial charge in [0.05, 0.1) is 13.3 Å². The van der Waals surface area contributed by atoms with Gasteiger partial charge >= 0.3 is 0 Å². The molecular weight excluding hydrogens is 358 g/mol. The van der Waals surface area contributed by atoms with Crippen LogP contribution in [-0.4, -0.2) is 30.0 Å². The molecule has 1 rings (SSSR count). The molecule has 0 aliphatic carbocycles. The summed E-state index contributed by atoms with van der Waals surface area (Å²) < 4.78 is 17.8. The quantitative estimate of drug-likeness (QED) is 0.316. The highest BCUT2D eigenvalue weighted by Crippen LogP contribution is 2.40. The van der Waals surface area contributed by atoms with E-state index in [1.165, 1.54) is 0 Å². The van der Waals surface area contributed by atoms with Crippen LogP contribution < -0.4 is 9.16 Å². The minimum absolute atomic E-state index is 0.119. The predicted octanol–water partition coefficient (Wildman–Crippen LogP) is 6.43. The lowest BCUT2D eigenvalue weighted by molar-refractivity contribution is 0.310. The number of benzene rings is 1. The van der Waals surface area contributed by atoms with E-state index in [4.69, 9.17) is 13.7 Å². The molecular formula is C20H37NO3Si2. The average molecular weight is 396 g/mol. The molecule has 148 valence electrons. The summed E-state index contributed by atoms with van der Waals surface area (Å²) in [4.78, 5) is 0. The number of ether oxygens (including phenoxy) is 1. The number of hydrogen-bond acceptors (Lipinski definition) is 4. The maximum Gasteiger partial charge on any atom is 0.286 e. The summed E-state index contributed by atoms with van der Waals surface area (Å²) in [6.07, 6.45) is 1.76. The van der Waals surface area contributed by atoms with Crippen molar-refractivity contribution in [1.29, 1.82) is 0 Å². The number of hydrogen-bond donors (Lipinski definition) is 0.